The van der Waals surface area contributed by atoms with Gasteiger partial charge in [0.1, 0.15) is 23.3 Å². The van der Waals surface area contributed by atoms with E-state index >= 15 is 0 Å². The Balaban J connectivity index is 1.60. The second-order valence-corrected chi connectivity index (χ2v) is 8.49. The maximum Gasteiger partial charge on any atom is 0.284 e. The van der Waals surface area contributed by atoms with Gasteiger partial charge in [-0.3, -0.25) is 9.36 Å². The Bertz CT molecular complexity index is 1540. The molecule has 1 saturated heterocycles. The molecule has 0 bridgehead atoms. The van der Waals surface area contributed by atoms with Crippen molar-refractivity contribution in [3.8, 4) is 5.69 Å². The maximum absolute atomic E-state index is 13.7. The van der Waals surface area contributed by atoms with Gasteiger partial charge in [-0.15, -0.1) is 0 Å². The van der Waals surface area contributed by atoms with E-state index in [9.17, 15) is 4.79 Å². The summed E-state index contributed by atoms with van der Waals surface area (Å²) in [5.41, 5.74) is 8.58. The molecular weight excluding hydrogens is 440 g/mol. The number of anilines is 1. The number of nitrogens with one attached hydrogen (secondary N) is 1. The van der Waals surface area contributed by atoms with Crippen LogP contribution < -0.4 is 16.2 Å². The minimum absolute atomic E-state index is 0.165. The van der Waals surface area contributed by atoms with Gasteiger partial charge in [0.15, 0.2) is 5.82 Å². The SMILES string of the molecule is NCc1c[nH]c2ncnc(N3CCCC3c3nn4ccc(Cl)c4c(=O)n3-c3ccccc3)c12. The fraction of sp³-hybridized carbons (Fsp3) is 0.217. The minimum Gasteiger partial charge on any atom is -0.346 e. The standard InChI is InChI=1S/C23H21ClN8O/c24-16-8-10-31-19(16)23(33)32(15-5-2-1-3-6-15)21(29-31)17-7-4-9-30(17)22-18-14(11-25)12-26-20(18)27-13-28-22/h1-3,5-6,8,10,12-13,17H,4,7,9,11,25H2,(H,26,27,28). The van der Waals surface area contributed by atoms with Crippen LogP contribution >= 0.6 is 11.6 Å². The lowest BCUT2D eigenvalue weighted by atomic mass is 10.1. The van der Waals surface area contributed by atoms with Crippen LogP contribution in [0.4, 0.5) is 5.82 Å². The molecule has 33 heavy (non-hydrogen) atoms. The predicted octanol–water partition coefficient (Wildman–Crippen LogP) is 3.21. The van der Waals surface area contributed by atoms with Crippen molar-refractivity contribution in [2.45, 2.75) is 25.4 Å². The Kier molecular flexibility index (Phi) is 4.67. The van der Waals surface area contributed by atoms with E-state index in [1.165, 1.54) is 0 Å². The molecule has 0 spiro atoms. The third-order valence-corrected chi connectivity index (χ3v) is 6.56. The van der Waals surface area contributed by atoms with E-state index in [4.69, 9.17) is 22.4 Å². The van der Waals surface area contributed by atoms with Crippen molar-refractivity contribution < 1.29 is 0 Å². The number of para-hydroxylation sites is 1. The molecule has 0 aliphatic carbocycles. The molecule has 1 atom stereocenters. The number of H-pyrrole nitrogens is 1. The van der Waals surface area contributed by atoms with Crippen LogP contribution in [0.25, 0.3) is 22.2 Å². The number of benzene rings is 1. The Labute approximate surface area is 193 Å². The van der Waals surface area contributed by atoms with Gasteiger partial charge in [0.05, 0.1) is 22.1 Å². The van der Waals surface area contributed by atoms with Crippen LogP contribution in [-0.2, 0) is 6.54 Å². The van der Waals surface area contributed by atoms with E-state index in [-0.39, 0.29) is 11.6 Å². The van der Waals surface area contributed by atoms with E-state index in [0.717, 1.165) is 47.5 Å². The summed E-state index contributed by atoms with van der Waals surface area (Å²) in [4.78, 5) is 28.0. The summed E-state index contributed by atoms with van der Waals surface area (Å²) in [5, 5.41) is 6.17. The molecule has 1 fully saturated rings. The second-order valence-electron chi connectivity index (χ2n) is 8.08. The molecular formula is C23H21ClN8O. The van der Waals surface area contributed by atoms with E-state index in [1.54, 1.807) is 27.7 Å². The fourth-order valence-electron chi connectivity index (χ4n) is 4.77. The van der Waals surface area contributed by atoms with Crippen molar-refractivity contribution in [3.05, 3.63) is 81.9 Å². The van der Waals surface area contributed by atoms with Crippen LogP contribution in [0.5, 0.6) is 0 Å². The Hall–Kier alpha value is -3.69. The van der Waals surface area contributed by atoms with Gasteiger partial charge in [-0.1, -0.05) is 29.8 Å². The van der Waals surface area contributed by atoms with Crippen LogP contribution in [0.3, 0.4) is 0 Å². The van der Waals surface area contributed by atoms with Gasteiger partial charge in [0.25, 0.3) is 5.56 Å². The molecule has 0 amide bonds. The summed E-state index contributed by atoms with van der Waals surface area (Å²) < 4.78 is 3.25. The van der Waals surface area contributed by atoms with E-state index in [0.29, 0.717) is 22.9 Å². The zero-order valence-corrected chi connectivity index (χ0v) is 18.4. The van der Waals surface area contributed by atoms with Crippen molar-refractivity contribution in [2.24, 2.45) is 5.73 Å². The molecule has 0 radical (unpaired) electrons. The molecule has 1 aromatic carbocycles. The van der Waals surface area contributed by atoms with Gasteiger partial charge < -0.3 is 15.6 Å². The van der Waals surface area contributed by atoms with Gasteiger partial charge in [0, 0.05) is 25.5 Å². The van der Waals surface area contributed by atoms with Crippen molar-refractivity contribution in [2.75, 3.05) is 11.4 Å². The zero-order chi connectivity index (χ0) is 22.5. The molecule has 1 aliphatic rings. The first-order valence-corrected chi connectivity index (χ1v) is 11.2. The molecule has 10 heteroatoms. The Morgan fingerprint density at radius 1 is 1.18 bits per heavy atom. The number of fused-ring (bicyclic) bond motifs is 2. The smallest absolute Gasteiger partial charge is 0.284 e. The molecule has 1 unspecified atom stereocenters. The molecule has 0 saturated carbocycles. The predicted molar refractivity (Wildman–Crippen MR) is 127 cm³/mol. The summed E-state index contributed by atoms with van der Waals surface area (Å²) in [6.45, 7) is 1.15. The number of hydrogen-bond donors (Lipinski definition) is 2. The molecule has 5 aromatic rings. The highest BCUT2D eigenvalue weighted by molar-refractivity contribution is 6.33. The maximum atomic E-state index is 13.7. The second kappa shape index (κ2) is 7.72. The molecule has 6 rings (SSSR count). The molecule has 4 aromatic heterocycles. The topological polar surface area (TPSA) is 110 Å². The summed E-state index contributed by atoms with van der Waals surface area (Å²) in [6.07, 6.45) is 6.91. The lowest BCUT2D eigenvalue weighted by Crippen LogP contribution is -2.33. The highest BCUT2D eigenvalue weighted by Gasteiger charge is 2.34. The van der Waals surface area contributed by atoms with Crippen molar-refractivity contribution in [3.63, 3.8) is 0 Å². The number of nitrogens with two attached hydrogens (primary N) is 1. The lowest BCUT2D eigenvalue weighted by Gasteiger charge is -2.28. The van der Waals surface area contributed by atoms with E-state index < -0.39 is 0 Å². The van der Waals surface area contributed by atoms with Crippen molar-refractivity contribution in [1.82, 2.24) is 29.1 Å². The molecule has 1 aliphatic heterocycles. The lowest BCUT2D eigenvalue weighted by molar-refractivity contribution is 0.602. The van der Waals surface area contributed by atoms with Crippen LogP contribution in [0.1, 0.15) is 30.3 Å². The highest BCUT2D eigenvalue weighted by atomic mass is 35.5. The van der Waals surface area contributed by atoms with E-state index in [1.807, 2.05) is 36.5 Å². The Morgan fingerprint density at radius 2 is 2.03 bits per heavy atom. The summed E-state index contributed by atoms with van der Waals surface area (Å²) >= 11 is 6.34. The molecule has 166 valence electrons. The van der Waals surface area contributed by atoms with Crippen LogP contribution in [0.2, 0.25) is 5.02 Å². The van der Waals surface area contributed by atoms with Crippen LogP contribution in [-0.4, -0.2) is 35.7 Å². The number of hydrogen-bond acceptors (Lipinski definition) is 6. The van der Waals surface area contributed by atoms with Gasteiger partial charge in [-0.25, -0.2) is 14.5 Å². The number of aromatic amines is 1. The fourth-order valence-corrected chi connectivity index (χ4v) is 4.99. The normalized spacial score (nSPS) is 16.3. The largest absolute Gasteiger partial charge is 0.346 e. The monoisotopic (exact) mass is 460 g/mol. The summed E-state index contributed by atoms with van der Waals surface area (Å²) in [5.74, 6) is 1.43. The van der Waals surface area contributed by atoms with E-state index in [2.05, 4.69) is 19.9 Å². The third kappa shape index (κ3) is 3.04. The van der Waals surface area contributed by atoms with Gasteiger partial charge in [0.2, 0.25) is 0 Å². The number of nitrogens with zero attached hydrogens (tertiary/aromatic N) is 6. The summed E-state index contributed by atoms with van der Waals surface area (Å²) in [7, 11) is 0. The van der Waals surface area contributed by atoms with Crippen LogP contribution in [0, 0.1) is 0 Å². The molecule has 5 heterocycles. The van der Waals surface area contributed by atoms with Crippen molar-refractivity contribution >= 4 is 34.0 Å². The quantitative estimate of drug-likeness (QED) is 0.426. The molecule has 9 nitrogen and oxygen atoms in total. The third-order valence-electron chi connectivity index (χ3n) is 6.25. The average Bonchev–Trinajstić information content (AvgIpc) is 3.57. The average molecular weight is 461 g/mol. The van der Waals surface area contributed by atoms with Crippen LogP contribution in [0.15, 0.2) is 59.9 Å². The number of halogens is 1. The first-order valence-electron chi connectivity index (χ1n) is 10.8. The van der Waals surface area contributed by atoms with Gasteiger partial charge in [-0.2, -0.15) is 5.10 Å². The first-order chi connectivity index (χ1) is 16.2. The first kappa shape index (κ1) is 20.0. The van der Waals surface area contributed by atoms with Gasteiger partial charge >= 0.3 is 0 Å². The number of aromatic nitrogens is 6. The zero-order valence-electron chi connectivity index (χ0n) is 17.6. The number of rotatable bonds is 4. The summed E-state index contributed by atoms with van der Waals surface area (Å²) in [6, 6.07) is 11.1. The van der Waals surface area contributed by atoms with Crippen molar-refractivity contribution in [1.29, 1.82) is 0 Å². The molecule has 3 N–H and O–H groups in total. The Morgan fingerprint density at radius 3 is 2.85 bits per heavy atom. The van der Waals surface area contributed by atoms with Gasteiger partial charge in [-0.05, 0) is 36.6 Å². The minimum atomic E-state index is -0.204. The highest BCUT2D eigenvalue weighted by Crippen LogP contribution is 2.38.